The highest BCUT2D eigenvalue weighted by atomic mass is 79.9. The number of carbonyl (C=O) groups is 2. The Bertz CT molecular complexity index is 406. The number of hydrogen-bond acceptors (Lipinski definition) is 3. The van der Waals surface area contributed by atoms with E-state index in [2.05, 4.69) is 21.2 Å². The second-order valence-corrected chi connectivity index (χ2v) is 6.08. The summed E-state index contributed by atoms with van der Waals surface area (Å²) in [5, 5.41) is 2.74. The second kappa shape index (κ2) is 6.76. The standard InChI is InChI=1S/C11H15BrN2O2S/c1-3-6-13-10(15)7-14(2)11(16)8-4-5-9(12)17-8/h4-5H,3,6-7H2,1-2H3,(H,13,15). The number of carbonyl (C=O) groups excluding carboxylic acids is 2. The van der Waals surface area contributed by atoms with Gasteiger partial charge in [-0.15, -0.1) is 11.3 Å². The van der Waals surface area contributed by atoms with Crippen LogP contribution in [-0.4, -0.2) is 36.9 Å². The molecule has 0 aliphatic heterocycles. The number of nitrogens with one attached hydrogen (secondary N) is 1. The van der Waals surface area contributed by atoms with Crippen LogP contribution in [0.3, 0.4) is 0 Å². The van der Waals surface area contributed by atoms with Gasteiger partial charge in [0.05, 0.1) is 15.2 Å². The molecule has 0 unspecified atom stereocenters. The Morgan fingerprint density at radius 1 is 1.47 bits per heavy atom. The van der Waals surface area contributed by atoms with Crippen molar-refractivity contribution in [2.24, 2.45) is 0 Å². The quantitative estimate of drug-likeness (QED) is 0.904. The lowest BCUT2D eigenvalue weighted by atomic mass is 10.4. The Hall–Kier alpha value is -0.880. The van der Waals surface area contributed by atoms with Crippen molar-refractivity contribution in [1.29, 1.82) is 0 Å². The molecule has 2 amide bonds. The van der Waals surface area contributed by atoms with E-state index in [9.17, 15) is 9.59 Å². The van der Waals surface area contributed by atoms with Crippen molar-refractivity contribution >= 4 is 39.1 Å². The van der Waals surface area contributed by atoms with E-state index in [0.29, 0.717) is 11.4 Å². The van der Waals surface area contributed by atoms with Gasteiger partial charge in [0.25, 0.3) is 5.91 Å². The maximum Gasteiger partial charge on any atom is 0.264 e. The lowest BCUT2D eigenvalue weighted by molar-refractivity contribution is -0.121. The van der Waals surface area contributed by atoms with Gasteiger partial charge < -0.3 is 10.2 Å². The molecule has 0 saturated heterocycles. The van der Waals surface area contributed by atoms with Gasteiger partial charge in [-0.1, -0.05) is 6.92 Å². The number of amides is 2. The van der Waals surface area contributed by atoms with Crippen LogP contribution in [0.2, 0.25) is 0 Å². The minimum Gasteiger partial charge on any atom is -0.355 e. The van der Waals surface area contributed by atoms with Gasteiger partial charge in [-0.05, 0) is 34.5 Å². The van der Waals surface area contributed by atoms with Crippen molar-refractivity contribution in [3.63, 3.8) is 0 Å². The summed E-state index contributed by atoms with van der Waals surface area (Å²) >= 11 is 4.67. The number of rotatable bonds is 5. The van der Waals surface area contributed by atoms with Gasteiger partial charge in [-0.25, -0.2) is 0 Å². The zero-order chi connectivity index (χ0) is 12.8. The Labute approximate surface area is 113 Å². The topological polar surface area (TPSA) is 49.4 Å². The number of halogens is 1. The summed E-state index contributed by atoms with van der Waals surface area (Å²) in [5.74, 6) is -0.259. The summed E-state index contributed by atoms with van der Waals surface area (Å²) in [6.45, 7) is 2.72. The summed E-state index contributed by atoms with van der Waals surface area (Å²) in [6.07, 6.45) is 0.890. The maximum atomic E-state index is 11.9. The number of nitrogens with zero attached hydrogens (tertiary/aromatic N) is 1. The van der Waals surface area contributed by atoms with Gasteiger partial charge in [0.1, 0.15) is 0 Å². The Balaban J connectivity index is 2.50. The predicted molar refractivity (Wildman–Crippen MR) is 72.3 cm³/mol. The predicted octanol–water partition coefficient (Wildman–Crippen LogP) is 2.11. The van der Waals surface area contributed by atoms with Gasteiger partial charge in [0, 0.05) is 13.6 Å². The normalized spacial score (nSPS) is 10.1. The zero-order valence-corrected chi connectivity index (χ0v) is 12.2. The molecule has 94 valence electrons. The van der Waals surface area contributed by atoms with E-state index in [1.54, 1.807) is 13.1 Å². The first-order chi connectivity index (χ1) is 8.04. The van der Waals surface area contributed by atoms with E-state index < -0.39 is 0 Å². The average molecular weight is 319 g/mol. The van der Waals surface area contributed by atoms with E-state index >= 15 is 0 Å². The average Bonchev–Trinajstić information content (AvgIpc) is 2.72. The monoisotopic (exact) mass is 318 g/mol. The Morgan fingerprint density at radius 3 is 2.71 bits per heavy atom. The van der Waals surface area contributed by atoms with Crippen molar-refractivity contribution in [3.8, 4) is 0 Å². The highest BCUT2D eigenvalue weighted by molar-refractivity contribution is 9.11. The molecular formula is C11H15BrN2O2S. The summed E-state index contributed by atoms with van der Waals surface area (Å²) in [5.41, 5.74) is 0. The first kappa shape index (κ1) is 14.2. The van der Waals surface area contributed by atoms with Crippen LogP contribution in [0.4, 0.5) is 0 Å². The molecule has 0 aliphatic carbocycles. The molecule has 0 aromatic carbocycles. The minimum atomic E-state index is -0.132. The van der Waals surface area contributed by atoms with Crippen molar-refractivity contribution in [2.75, 3.05) is 20.1 Å². The fraction of sp³-hybridized carbons (Fsp3) is 0.455. The third-order valence-corrected chi connectivity index (χ3v) is 3.70. The Kier molecular flexibility index (Phi) is 5.64. The van der Waals surface area contributed by atoms with Crippen LogP contribution in [0.5, 0.6) is 0 Å². The van der Waals surface area contributed by atoms with Gasteiger partial charge >= 0.3 is 0 Å². The SMILES string of the molecule is CCCNC(=O)CN(C)C(=O)c1ccc(Br)s1. The minimum absolute atomic E-state index is 0.0916. The molecule has 1 rings (SSSR count). The molecule has 4 nitrogen and oxygen atoms in total. The number of likely N-dealkylation sites (N-methyl/N-ethyl adjacent to an activating group) is 1. The fourth-order valence-corrected chi connectivity index (χ4v) is 2.61. The third-order valence-electron chi connectivity index (χ3n) is 2.08. The third kappa shape index (κ3) is 4.47. The van der Waals surface area contributed by atoms with Crippen LogP contribution >= 0.6 is 27.3 Å². The smallest absolute Gasteiger partial charge is 0.264 e. The molecule has 0 aliphatic rings. The van der Waals surface area contributed by atoms with Gasteiger partial charge in [-0.2, -0.15) is 0 Å². The molecule has 6 heteroatoms. The van der Waals surface area contributed by atoms with E-state index in [-0.39, 0.29) is 18.4 Å². The van der Waals surface area contributed by atoms with Crippen molar-refractivity contribution in [3.05, 3.63) is 20.8 Å². The van der Waals surface area contributed by atoms with Crippen molar-refractivity contribution < 1.29 is 9.59 Å². The molecule has 1 aromatic heterocycles. The summed E-state index contributed by atoms with van der Waals surface area (Å²) in [7, 11) is 1.63. The first-order valence-corrected chi connectivity index (χ1v) is 6.93. The maximum absolute atomic E-state index is 11.9. The summed E-state index contributed by atoms with van der Waals surface area (Å²) < 4.78 is 0.907. The molecule has 0 bridgehead atoms. The lowest BCUT2D eigenvalue weighted by Crippen LogP contribution is -2.38. The number of hydrogen-bond donors (Lipinski definition) is 1. The fourth-order valence-electron chi connectivity index (χ4n) is 1.22. The highest BCUT2D eigenvalue weighted by Gasteiger charge is 2.16. The molecule has 0 radical (unpaired) electrons. The van der Waals surface area contributed by atoms with Crippen LogP contribution in [0.1, 0.15) is 23.0 Å². The largest absolute Gasteiger partial charge is 0.355 e. The molecule has 0 fully saturated rings. The van der Waals surface area contributed by atoms with Gasteiger partial charge in [0.2, 0.25) is 5.91 Å². The molecule has 1 N–H and O–H groups in total. The van der Waals surface area contributed by atoms with Gasteiger partial charge in [-0.3, -0.25) is 9.59 Å². The van der Waals surface area contributed by atoms with E-state index in [4.69, 9.17) is 0 Å². The Morgan fingerprint density at radius 2 is 2.18 bits per heavy atom. The number of thiophene rings is 1. The van der Waals surface area contributed by atoms with Crippen LogP contribution in [0.15, 0.2) is 15.9 Å². The van der Waals surface area contributed by atoms with Crippen LogP contribution < -0.4 is 5.32 Å². The van der Waals surface area contributed by atoms with Crippen molar-refractivity contribution in [1.82, 2.24) is 10.2 Å². The van der Waals surface area contributed by atoms with E-state index in [1.165, 1.54) is 16.2 Å². The lowest BCUT2D eigenvalue weighted by Gasteiger charge is -2.15. The van der Waals surface area contributed by atoms with Crippen molar-refractivity contribution in [2.45, 2.75) is 13.3 Å². The molecule has 0 atom stereocenters. The molecular weight excluding hydrogens is 304 g/mol. The molecule has 1 heterocycles. The van der Waals surface area contributed by atoms with Gasteiger partial charge in [0.15, 0.2) is 0 Å². The van der Waals surface area contributed by atoms with Crippen LogP contribution in [0.25, 0.3) is 0 Å². The summed E-state index contributed by atoms with van der Waals surface area (Å²) in [4.78, 5) is 25.4. The molecule has 1 aromatic rings. The zero-order valence-electron chi connectivity index (χ0n) is 9.83. The molecule has 0 spiro atoms. The highest BCUT2D eigenvalue weighted by Crippen LogP contribution is 2.22. The first-order valence-electron chi connectivity index (χ1n) is 5.32. The van der Waals surface area contributed by atoms with Crippen LogP contribution in [-0.2, 0) is 4.79 Å². The van der Waals surface area contributed by atoms with E-state index in [1.807, 2.05) is 13.0 Å². The second-order valence-electron chi connectivity index (χ2n) is 3.61. The summed E-state index contributed by atoms with van der Waals surface area (Å²) in [6, 6.07) is 3.57. The van der Waals surface area contributed by atoms with Crippen LogP contribution in [0, 0.1) is 0 Å². The molecule has 17 heavy (non-hydrogen) atoms. The molecule has 0 saturated carbocycles. The van der Waals surface area contributed by atoms with E-state index in [0.717, 1.165) is 10.2 Å².